The molecule has 1 N–H and O–H groups in total. The lowest BCUT2D eigenvalue weighted by Crippen LogP contribution is -2.57. The Balaban J connectivity index is 1.81. The summed E-state index contributed by atoms with van der Waals surface area (Å²) in [4.78, 5) is 15.8. The third-order valence-electron chi connectivity index (χ3n) is 3.84. The molecule has 2 amide bonds. The van der Waals surface area contributed by atoms with Crippen molar-refractivity contribution in [2.24, 2.45) is 0 Å². The molecule has 2 saturated heterocycles. The molecule has 0 saturated carbocycles. The Labute approximate surface area is 105 Å². The van der Waals surface area contributed by atoms with Gasteiger partial charge in [0.25, 0.3) is 0 Å². The smallest absolute Gasteiger partial charge is 0.319 e. The quantitative estimate of drug-likeness (QED) is 0.855. The number of amides is 2. The van der Waals surface area contributed by atoms with Gasteiger partial charge in [0.2, 0.25) is 0 Å². The summed E-state index contributed by atoms with van der Waals surface area (Å²) in [5.41, 5.74) is 0.988. The fourth-order valence-electron chi connectivity index (χ4n) is 2.54. The van der Waals surface area contributed by atoms with Crippen LogP contribution in [0, 0.1) is 5.82 Å². The van der Waals surface area contributed by atoms with Gasteiger partial charge in [-0.25, -0.2) is 9.18 Å². The van der Waals surface area contributed by atoms with Crippen molar-refractivity contribution in [3.8, 4) is 0 Å². The fraction of sp³-hybridized carbons (Fsp3) is 0.462. The number of benzene rings is 1. The Kier molecular flexibility index (Phi) is 2.70. The highest BCUT2D eigenvalue weighted by Crippen LogP contribution is 2.30. The monoisotopic (exact) mass is 249 g/mol. The van der Waals surface area contributed by atoms with E-state index in [9.17, 15) is 9.18 Å². The lowest BCUT2D eigenvalue weighted by atomic mass is 10.1. The number of likely N-dealkylation sites (N-methyl/N-ethyl adjacent to an activating group) is 1. The Hall–Kier alpha value is -1.62. The molecule has 1 atom stereocenters. The van der Waals surface area contributed by atoms with Crippen molar-refractivity contribution in [1.82, 2.24) is 15.1 Å². The van der Waals surface area contributed by atoms with Gasteiger partial charge < -0.3 is 15.1 Å². The molecule has 0 aromatic heterocycles. The Morgan fingerprint density at radius 2 is 1.94 bits per heavy atom. The van der Waals surface area contributed by atoms with Crippen molar-refractivity contribution in [3.63, 3.8) is 0 Å². The minimum atomic E-state index is -0.245. The van der Waals surface area contributed by atoms with E-state index in [2.05, 4.69) is 5.32 Å². The predicted molar refractivity (Wildman–Crippen MR) is 65.7 cm³/mol. The third-order valence-corrected chi connectivity index (χ3v) is 3.84. The minimum Gasteiger partial charge on any atom is -0.319 e. The van der Waals surface area contributed by atoms with E-state index in [0.717, 1.165) is 18.7 Å². The fourth-order valence-corrected chi connectivity index (χ4v) is 2.54. The first kappa shape index (κ1) is 11.5. The van der Waals surface area contributed by atoms with Crippen LogP contribution < -0.4 is 5.32 Å². The highest BCUT2D eigenvalue weighted by atomic mass is 19.1. The van der Waals surface area contributed by atoms with E-state index in [4.69, 9.17) is 0 Å². The van der Waals surface area contributed by atoms with Crippen LogP contribution in [-0.2, 0) is 0 Å². The van der Waals surface area contributed by atoms with Crippen LogP contribution in [0.4, 0.5) is 9.18 Å². The van der Waals surface area contributed by atoms with Gasteiger partial charge in [0.05, 0.1) is 12.1 Å². The summed E-state index contributed by atoms with van der Waals surface area (Å²) in [7, 11) is 1.81. The summed E-state index contributed by atoms with van der Waals surface area (Å²) in [5.74, 6) is -0.245. The first-order valence-electron chi connectivity index (χ1n) is 6.16. The van der Waals surface area contributed by atoms with E-state index in [0.29, 0.717) is 12.6 Å². The summed E-state index contributed by atoms with van der Waals surface area (Å²) < 4.78 is 12.9. The van der Waals surface area contributed by atoms with Gasteiger partial charge in [-0.1, -0.05) is 12.1 Å². The van der Waals surface area contributed by atoms with Crippen molar-refractivity contribution in [2.45, 2.75) is 12.1 Å². The number of rotatable bonds is 2. The summed E-state index contributed by atoms with van der Waals surface area (Å²) in [6.45, 7) is 2.43. The lowest BCUT2D eigenvalue weighted by molar-refractivity contribution is 0.162. The molecular formula is C13H16FN3O. The number of nitrogens with one attached hydrogen (secondary N) is 1. The largest absolute Gasteiger partial charge is 0.320 e. The van der Waals surface area contributed by atoms with E-state index in [-0.39, 0.29) is 17.9 Å². The average Bonchev–Trinajstić information content (AvgIpc) is 2.57. The zero-order valence-corrected chi connectivity index (χ0v) is 10.3. The number of hydrogen-bond acceptors (Lipinski definition) is 2. The van der Waals surface area contributed by atoms with Crippen molar-refractivity contribution in [2.75, 3.05) is 26.7 Å². The summed E-state index contributed by atoms with van der Waals surface area (Å²) >= 11 is 0. The average molecular weight is 249 g/mol. The van der Waals surface area contributed by atoms with Crippen LogP contribution in [0.15, 0.2) is 24.3 Å². The molecule has 96 valence electrons. The molecular weight excluding hydrogens is 233 g/mol. The van der Waals surface area contributed by atoms with Gasteiger partial charge >= 0.3 is 6.03 Å². The van der Waals surface area contributed by atoms with Gasteiger partial charge in [-0.15, -0.1) is 0 Å². The second-order valence-corrected chi connectivity index (χ2v) is 4.93. The normalized spacial score (nSPS) is 24.6. The molecule has 5 heteroatoms. The minimum absolute atomic E-state index is 0.0266. The van der Waals surface area contributed by atoms with Crippen LogP contribution in [0.3, 0.4) is 0 Å². The third kappa shape index (κ3) is 1.75. The van der Waals surface area contributed by atoms with E-state index >= 15 is 0 Å². The molecule has 2 fully saturated rings. The first-order chi connectivity index (χ1) is 8.66. The van der Waals surface area contributed by atoms with Crippen molar-refractivity contribution >= 4 is 6.03 Å². The van der Waals surface area contributed by atoms with Crippen LogP contribution >= 0.6 is 0 Å². The molecule has 2 heterocycles. The molecule has 3 rings (SSSR count). The maximum atomic E-state index is 12.9. The van der Waals surface area contributed by atoms with Crippen LogP contribution in [-0.4, -0.2) is 48.6 Å². The Morgan fingerprint density at radius 1 is 1.28 bits per heavy atom. The molecule has 2 aliphatic heterocycles. The van der Waals surface area contributed by atoms with Crippen LogP contribution in [0.5, 0.6) is 0 Å². The Morgan fingerprint density at radius 3 is 2.50 bits per heavy atom. The SMILES string of the molecule is CN1C(=O)N(C2CNC2)CC1c1ccc(F)cc1. The molecule has 1 aromatic carbocycles. The van der Waals surface area contributed by atoms with Gasteiger partial charge in [0.15, 0.2) is 0 Å². The highest BCUT2D eigenvalue weighted by molar-refractivity contribution is 5.77. The Bertz CT molecular complexity index is 458. The molecule has 1 unspecified atom stereocenters. The second-order valence-electron chi connectivity index (χ2n) is 4.93. The first-order valence-corrected chi connectivity index (χ1v) is 6.16. The number of hydrogen-bond donors (Lipinski definition) is 1. The van der Waals surface area contributed by atoms with Crippen LogP contribution in [0.25, 0.3) is 0 Å². The molecule has 18 heavy (non-hydrogen) atoms. The number of nitrogens with zero attached hydrogens (tertiary/aromatic N) is 2. The summed E-state index contributed by atoms with van der Waals surface area (Å²) in [6, 6.07) is 6.81. The topological polar surface area (TPSA) is 35.6 Å². The molecule has 1 aromatic rings. The van der Waals surface area contributed by atoms with Crippen molar-refractivity contribution in [3.05, 3.63) is 35.6 Å². The molecule has 4 nitrogen and oxygen atoms in total. The molecule has 0 aliphatic carbocycles. The van der Waals surface area contributed by atoms with E-state index < -0.39 is 0 Å². The van der Waals surface area contributed by atoms with Crippen molar-refractivity contribution < 1.29 is 9.18 Å². The highest BCUT2D eigenvalue weighted by Gasteiger charge is 2.40. The van der Waals surface area contributed by atoms with Gasteiger partial charge in [-0.05, 0) is 17.7 Å². The molecule has 0 radical (unpaired) electrons. The second kappa shape index (κ2) is 4.24. The van der Waals surface area contributed by atoms with Gasteiger partial charge in [0.1, 0.15) is 5.82 Å². The van der Waals surface area contributed by atoms with Crippen LogP contribution in [0.2, 0.25) is 0 Å². The standard InChI is InChI=1S/C13H16FN3O/c1-16-12(9-2-4-10(14)5-3-9)8-17(13(16)18)11-6-15-7-11/h2-5,11-12,15H,6-8H2,1H3. The zero-order chi connectivity index (χ0) is 12.7. The van der Waals surface area contributed by atoms with Gasteiger partial charge in [0, 0.05) is 26.7 Å². The predicted octanol–water partition coefficient (Wildman–Crippen LogP) is 1.21. The molecule has 2 aliphatic rings. The van der Waals surface area contributed by atoms with E-state index in [1.165, 1.54) is 12.1 Å². The molecule has 0 spiro atoms. The number of carbonyl (C=O) groups excluding carboxylic acids is 1. The van der Waals surface area contributed by atoms with Gasteiger partial charge in [-0.3, -0.25) is 0 Å². The van der Waals surface area contributed by atoms with Gasteiger partial charge in [-0.2, -0.15) is 0 Å². The van der Waals surface area contributed by atoms with Crippen LogP contribution in [0.1, 0.15) is 11.6 Å². The van der Waals surface area contributed by atoms with E-state index in [1.807, 2.05) is 11.9 Å². The van der Waals surface area contributed by atoms with Crippen molar-refractivity contribution in [1.29, 1.82) is 0 Å². The zero-order valence-electron chi connectivity index (χ0n) is 10.3. The van der Waals surface area contributed by atoms with E-state index in [1.54, 1.807) is 17.0 Å². The maximum absolute atomic E-state index is 12.9. The summed E-state index contributed by atoms with van der Waals surface area (Å²) in [6.07, 6.45) is 0. The maximum Gasteiger partial charge on any atom is 0.320 e. The summed E-state index contributed by atoms with van der Waals surface area (Å²) in [5, 5.41) is 3.17. The number of halogens is 1. The number of urea groups is 1. The molecule has 0 bridgehead atoms. The number of carbonyl (C=O) groups is 1. The lowest BCUT2D eigenvalue weighted by Gasteiger charge is -2.34.